The first-order valence-electron chi connectivity index (χ1n) is 2.03. The summed E-state index contributed by atoms with van der Waals surface area (Å²) in [5, 5.41) is 3.58. The van der Waals surface area contributed by atoms with Crippen LogP contribution in [0.5, 0.6) is 0 Å². The maximum absolute atomic E-state index is 9.94. The van der Waals surface area contributed by atoms with E-state index in [0.29, 0.717) is 12.5 Å². The van der Waals surface area contributed by atoms with Gasteiger partial charge in [-0.2, -0.15) is 0 Å². The van der Waals surface area contributed by atoms with Gasteiger partial charge in [0.1, 0.15) is 0 Å². The topological polar surface area (TPSA) is 31.2 Å². The summed E-state index contributed by atoms with van der Waals surface area (Å²) in [6.07, 6.45) is 0.667. The Hall–Kier alpha value is -0.530. The molecule has 1 atom stereocenters. The van der Waals surface area contributed by atoms with Crippen LogP contribution in [0.25, 0.3) is 0 Å². The molecule has 0 saturated carbocycles. The maximum atomic E-state index is 9.94. The van der Waals surface area contributed by atoms with Gasteiger partial charge in [-0.25, -0.2) is 5.32 Å². The quantitative estimate of drug-likeness (QED) is 0.377. The minimum atomic E-state index is 0.0579. The molecule has 0 aromatic carbocycles. The van der Waals surface area contributed by atoms with Gasteiger partial charge in [0.2, 0.25) is 5.91 Å². The van der Waals surface area contributed by atoms with Crippen LogP contribution in [0.3, 0.4) is 0 Å². The number of β-lactam (4-membered cyclic amide) rings is 1. The third kappa shape index (κ3) is 0.379. The lowest BCUT2D eigenvalue weighted by Gasteiger charge is -2.17. The van der Waals surface area contributed by atoms with Crippen LogP contribution in [0.15, 0.2) is 0 Å². The second-order valence-corrected chi connectivity index (χ2v) is 1.58. The average molecular weight is 84.1 g/mol. The van der Waals surface area contributed by atoms with Gasteiger partial charge in [-0.05, 0) is 6.92 Å². The summed E-state index contributed by atoms with van der Waals surface area (Å²) < 4.78 is 0. The molecule has 0 aromatic heterocycles. The van der Waals surface area contributed by atoms with E-state index in [-0.39, 0.29) is 5.91 Å². The van der Waals surface area contributed by atoms with Crippen LogP contribution in [-0.2, 0) is 4.79 Å². The van der Waals surface area contributed by atoms with E-state index in [1.165, 1.54) is 0 Å². The first kappa shape index (κ1) is 3.65. The van der Waals surface area contributed by atoms with Crippen molar-refractivity contribution in [3.63, 3.8) is 0 Å². The van der Waals surface area contributed by atoms with Crippen molar-refractivity contribution < 1.29 is 4.79 Å². The maximum Gasteiger partial charge on any atom is 0.243 e. The Labute approximate surface area is 36.5 Å². The van der Waals surface area contributed by atoms with Crippen LogP contribution in [0.4, 0.5) is 0 Å². The third-order valence-electron chi connectivity index (χ3n) is 0.834. The van der Waals surface area contributed by atoms with Gasteiger partial charge in [0.15, 0.2) is 0 Å². The fraction of sp³-hybridized carbons (Fsp3) is 0.750. The van der Waals surface area contributed by atoms with Crippen LogP contribution in [-0.4, -0.2) is 11.9 Å². The summed E-state index contributed by atoms with van der Waals surface area (Å²) in [7, 11) is 0. The average Bonchev–Trinajstić information content (AvgIpc) is 1.33. The second kappa shape index (κ2) is 0.965. The van der Waals surface area contributed by atoms with E-state index in [1.807, 2.05) is 6.92 Å². The molecule has 1 rings (SSSR count). The molecule has 0 aliphatic carbocycles. The SMILES string of the molecule is CC1CC(=O)[N]1. The fourth-order valence-corrected chi connectivity index (χ4v) is 0.484. The zero-order valence-corrected chi connectivity index (χ0v) is 3.64. The summed E-state index contributed by atoms with van der Waals surface area (Å²) in [6, 6.07) is 0.317. The summed E-state index contributed by atoms with van der Waals surface area (Å²) in [5.41, 5.74) is 0. The lowest BCUT2D eigenvalue weighted by Crippen LogP contribution is -2.39. The Morgan fingerprint density at radius 3 is 2.50 bits per heavy atom. The van der Waals surface area contributed by atoms with Gasteiger partial charge in [-0.15, -0.1) is 0 Å². The van der Waals surface area contributed by atoms with Crippen molar-refractivity contribution in [3.8, 4) is 0 Å². The molecule has 0 spiro atoms. The van der Waals surface area contributed by atoms with Gasteiger partial charge in [0.05, 0.1) is 12.5 Å². The predicted molar refractivity (Wildman–Crippen MR) is 21.2 cm³/mol. The van der Waals surface area contributed by atoms with Crippen LogP contribution in [0.2, 0.25) is 0 Å². The molecule has 1 radical (unpaired) electrons. The van der Waals surface area contributed by atoms with Crippen LogP contribution in [0.1, 0.15) is 13.3 Å². The number of amides is 1. The van der Waals surface area contributed by atoms with Crippen molar-refractivity contribution in [1.82, 2.24) is 5.32 Å². The monoisotopic (exact) mass is 84.0 g/mol. The van der Waals surface area contributed by atoms with Crippen molar-refractivity contribution in [2.24, 2.45) is 0 Å². The Bertz CT molecular complexity index is 71.6. The lowest BCUT2D eigenvalue weighted by atomic mass is 10.1. The number of carbonyl (C=O) groups is 1. The van der Waals surface area contributed by atoms with Gasteiger partial charge in [0.25, 0.3) is 0 Å². The number of nitrogens with zero attached hydrogens (tertiary/aromatic N) is 1. The van der Waals surface area contributed by atoms with Gasteiger partial charge in [-0.3, -0.25) is 4.79 Å². The lowest BCUT2D eigenvalue weighted by molar-refractivity contribution is -0.128. The van der Waals surface area contributed by atoms with Gasteiger partial charge in [-0.1, -0.05) is 0 Å². The zero-order chi connectivity index (χ0) is 4.57. The molecule has 0 N–H and O–H groups in total. The van der Waals surface area contributed by atoms with Gasteiger partial charge in [0, 0.05) is 0 Å². The highest BCUT2D eigenvalue weighted by molar-refractivity contribution is 5.82. The third-order valence-corrected chi connectivity index (χ3v) is 0.834. The summed E-state index contributed by atoms with van der Waals surface area (Å²) in [4.78, 5) is 9.94. The van der Waals surface area contributed by atoms with E-state index >= 15 is 0 Å². The Kier molecular flexibility index (Phi) is 0.587. The molecule has 0 bridgehead atoms. The van der Waals surface area contributed by atoms with Crippen molar-refractivity contribution in [2.75, 3.05) is 0 Å². The molecular formula is C4H6NO. The van der Waals surface area contributed by atoms with Crippen LogP contribution in [0, 0.1) is 0 Å². The highest BCUT2D eigenvalue weighted by Crippen LogP contribution is 2.02. The fourth-order valence-electron chi connectivity index (χ4n) is 0.484. The molecule has 1 saturated heterocycles. The van der Waals surface area contributed by atoms with Crippen molar-refractivity contribution in [1.29, 1.82) is 0 Å². The van der Waals surface area contributed by atoms with E-state index in [0.717, 1.165) is 0 Å². The molecule has 2 nitrogen and oxygen atoms in total. The number of hydrogen-bond donors (Lipinski definition) is 0. The number of hydrogen-bond acceptors (Lipinski definition) is 1. The molecule has 2 heteroatoms. The molecule has 1 aliphatic heterocycles. The Morgan fingerprint density at radius 2 is 2.50 bits per heavy atom. The van der Waals surface area contributed by atoms with E-state index in [9.17, 15) is 4.79 Å². The molecule has 1 aliphatic rings. The smallest absolute Gasteiger partial charge is 0.243 e. The standard InChI is InChI=1S/C4H6NO/c1-3-2-4(6)5-3/h3H,2H2,1H3. The van der Waals surface area contributed by atoms with Crippen molar-refractivity contribution in [3.05, 3.63) is 0 Å². The highest BCUT2D eigenvalue weighted by Gasteiger charge is 2.21. The van der Waals surface area contributed by atoms with Gasteiger partial charge < -0.3 is 0 Å². The largest absolute Gasteiger partial charge is 0.273 e. The van der Waals surface area contributed by atoms with Crippen molar-refractivity contribution >= 4 is 5.91 Å². The normalized spacial score (nSPS) is 31.5. The minimum Gasteiger partial charge on any atom is -0.273 e. The number of carbonyl (C=O) groups excluding carboxylic acids is 1. The predicted octanol–water partition coefficient (Wildman–Crippen LogP) is -0.0904. The van der Waals surface area contributed by atoms with Crippen LogP contribution >= 0.6 is 0 Å². The highest BCUT2D eigenvalue weighted by atomic mass is 16.2. The van der Waals surface area contributed by atoms with Gasteiger partial charge >= 0.3 is 0 Å². The molecule has 1 amide bonds. The minimum absolute atomic E-state index is 0.0579. The molecule has 0 aromatic rings. The summed E-state index contributed by atoms with van der Waals surface area (Å²) in [5.74, 6) is 0.0579. The van der Waals surface area contributed by atoms with E-state index in [1.54, 1.807) is 0 Å². The van der Waals surface area contributed by atoms with E-state index < -0.39 is 0 Å². The molecular weight excluding hydrogens is 78.0 g/mol. The van der Waals surface area contributed by atoms with Crippen LogP contribution < -0.4 is 5.32 Å². The first-order valence-corrected chi connectivity index (χ1v) is 2.03. The summed E-state index contributed by atoms with van der Waals surface area (Å²) in [6.45, 7) is 1.93. The van der Waals surface area contributed by atoms with Crippen molar-refractivity contribution in [2.45, 2.75) is 19.4 Å². The summed E-state index contributed by atoms with van der Waals surface area (Å²) >= 11 is 0. The number of rotatable bonds is 0. The molecule has 1 unspecified atom stereocenters. The molecule has 1 heterocycles. The molecule has 6 heavy (non-hydrogen) atoms. The Morgan fingerprint density at radius 1 is 2.00 bits per heavy atom. The van der Waals surface area contributed by atoms with E-state index in [4.69, 9.17) is 0 Å². The molecule has 33 valence electrons. The first-order chi connectivity index (χ1) is 2.79. The Balaban J connectivity index is 2.28. The second-order valence-electron chi connectivity index (χ2n) is 1.58. The van der Waals surface area contributed by atoms with E-state index in [2.05, 4.69) is 5.32 Å². The molecule has 1 fully saturated rings. The zero-order valence-electron chi connectivity index (χ0n) is 3.64.